The van der Waals surface area contributed by atoms with E-state index in [0.29, 0.717) is 5.56 Å². The Balaban J connectivity index is 1.29. The van der Waals surface area contributed by atoms with Crippen molar-refractivity contribution in [2.75, 3.05) is 54.0 Å². The molecule has 36 heavy (non-hydrogen) atoms. The summed E-state index contributed by atoms with van der Waals surface area (Å²) in [5, 5.41) is 23.6. The topological polar surface area (TPSA) is 102 Å². The highest BCUT2D eigenvalue weighted by molar-refractivity contribution is 7.26. The van der Waals surface area contributed by atoms with Crippen LogP contribution in [0.5, 0.6) is 0 Å². The average Bonchev–Trinajstić information content (AvgIpc) is 3.30. The van der Waals surface area contributed by atoms with Gasteiger partial charge >= 0.3 is 0 Å². The van der Waals surface area contributed by atoms with Crippen LogP contribution in [-0.4, -0.2) is 65.4 Å². The molecule has 0 spiro atoms. The van der Waals surface area contributed by atoms with Gasteiger partial charge in [0, 0.05) is 55.9 Å². The largest absolute Gasteiger partial charge is 0.368 e. The lowest BCUT2D eigenvalue weighted by molar-refractivity contribution is 0.101. The molecule has 0 saturated carbocycles. The van der Waals surface area contributed by atoms with E-state index < -0.39 is 0 Å². The zero-order valence-electron chi connectivity index (χ0n) is 20.1. The number of aromatic nitrogens is 4. The fraction of sp³-hybridized carbons (Fsp3) is 0.385. The summed E-state index contributed by atoms with van der Waals surface area (Å²) in [6.45, 7) is 6.73. The first-order valence-electron chi connectivity index (χ1n) is 12.3. The Morgan fingerprint density at radius 1 is 0.917 bits per heavy atom. The van der Waals surface area contributed by atoms with Crippen LogP contribution in [0, 0.1) is 11.3 Å². The number of nitriles is 1. The van der Waals surface area contributed by atoms with Crippen molar-refractivity contribution in [1.82, 2.24) is 20.4 Å². The third-order valence-corrected chi connectivity index (χ3v) is 8.20. The predicted octanol–water partition coefficient (Wildman–Crippen LogP) is 4.03. The lowest BCUT2D eigenvalue weighted by atomic mass is 10.1. The lowest BCUT2D eigenvalue weighted by Gasteiger charge is -2.36. The van der Waals surface area contributed by atoms with Crippen molar-refractivity contribution in [3.8, 4) is 6.07 Å². The minimum atomic E-state index is 0.0782. The Kier molecular flexibility index (Phi) is 5.85. The number of carbonyl (C=O) groups excluding carboxylic acids is 1. The van der Waals surface area contributed by atoms with Crippen molar-refractivity contribution in [3.05, 3.63) is 41.5 Å². The van der Waals surface area contributed by atoms with Crippen LogP contribution >= 0.6 is 11.3 Å². The number of thiophene rings is 1. The highest BCUT2D eigenvalue weighted by Crippen LogP contribution is 2.38. The summed E-state index contributed by atoms with van der Waals surface area (Å²) in [5.74, 6) is 1.69. The van der Waals surface area contributed by atoms with Crippen LogP contribution in [-0.2, 0) is 0 Å². The minimum absolute atomic E-state index is 0.0782. The van der Waals surface area contributed by atoms with Gasteiger partial charge in [-0.15, -0.1) is 21.5 Å². The van der Waals surface area contributed by atoms with Crippen LogP contribution < -0.4 is 14.7 Å². The summed E-state index contributed by atoms with van der Waals surface area (Å²) < 4.78 is 0.964. The summed E-state index contributed by atoms with van der Waals surface area (Å²) in [4.78, 5) is 24.2. The first-order valence-corrected chi connectivity index (χ1v) is 13.2. The van der Waals surface area contributed by atoms with Gasteiger partial charge < -0.3 is 14.7 Å². The molecule has 0 bridgehead atoms. The highest BCUT2D eigenvalue weighted by atomic mass is 32.1. The van der Waals surface area contributed by atoms with Gasteiger partial charge in [-0.1, -0.05) is 0 Å². The van der Waals surface area contributed by atoms with E-state index in [1.165, 1.54) is 6.42 Å². The maximum absolute atomic E-state index is 11.6. The number of nitrogens with zero attached hydrogens (tertiary/aromatic N) is 8. The molecule has 3 aromatic heterocycles. The van der Waals surface area contributed by atoms with Crippen molar-refractivity contribution >= 4 is 54.9 Å². The summed E-state index contributed by atoms with van der Waals surface area (Å²) in [6.07, 6.45) is 3.48. The van der Waals surface area contributed by atoms with Crippen LogP contribution in [0.1, 0.15) is 42.1 Å². The molecule has 2 saturated heterocycles. The van der Waals surface area contributed by atoms with Crippen LogP contribution in [0.25, 0.3) is 20.4 Å². The number of Topliss-reactive ketones (excluding diaryl/α,β-unsaturated/α-hetero) is 1. The zero-order chi connectivity index (χ0) is 24.6. The molecule has 0 amide bonds. The molecule has 0 aliphatic carbocycles. The standard InChI is InChI=1S/C26H26N8OS/c1-17(35)18-5-7-20(8-6-18)32-11-13-34(14-12-32)25-23-22(29-31-30-25)21-15-19(16-27)24(28-26(21)36-23)33-9-3-2-4-10-33/h5-8,15H,2-4,9-14H2,1H3. The van der Waals surface area contributed by atoms with Crippen molar-refractivity contribution in [2.24, 2.45) is 0 Å². The molecule has 9 nitrogen and oxygen atoms in total. The van der Waals surface area contributed by atoms with Gasteiger partial charge in [-0.25, -0.2) is 4.98 Å². The van der Waals surface area contributed by atoms with Crippen LogP contribution in [0.4, 0.5) is 17.3 Å². The van der Waals surface area contributed by atoms with Gasteiger partial charge in [0.05, 0.1) is 5.56 Å². The van der Waals surface area contributed by atoms with Crippen molar-refractivity contribution in [2.45, 2.75) is 26.2 Å². The Morgan fingerprint density at radius 2 is 1.61 bits per heavy atom. The Morgan fingerprint density at radius 3 is 2.31 bits per heavy atom. The first kappa shape index (κ1) is 22.6. The molecule has 0 N–H and O–H groups in total. The van der Waals surface area contributed by atoms with E-state index in [1.807, 2.05) is 30.3 Å². The van der Waals surface area contributed by atoms with E-state index in [0.717, 1.165) is 95.4 Å². The number of rotatable bonds is 4. The average molecular weight is 499 g/mol. The summed E-state index contributed by atoms with van der Waals surface area (Å²) in [6, 6.07) is 12.1. The number of benzene rings is 1. The summed E-state index contributed by atoms with van der Waals surface area (Å²) in [7, 11) is 0. The number of hydrogen-bond acceptors (Lipinski definition) is 10. The lowest BCUT2D eigenvalue weighted by Crippen LogP contribution is -2.47. The van der Waals surface area contributed by atoms with Gasteiger partial charge in [0.25, 0.3) is 0 Å². The van der Waals surface area contributed by atoms with E-state index in [1.54, 1.807) is 18.3 Å². The molecule has 2 aliphatic heterocycles. The molecule has 1 aromatic carbocycles. The molecule has 0 atom stereocenters. The molecule has 2 aliphatic rings. The fourth-order valence-electron chi connectivity index (χ4n) is 5.13. The van der Waals surface area contributed by atoms with E-state index >= 15 is 0 Å². The van der Waals surface area contributed by atoms with Crippen LogP contribution in [0.15, 0.2) is 30.3 Å². The third kappa shape index (κ3) is 3.99. The van der Waals surface area contributed by atoms with Gasteiger partial charge in [0.2, 0.25) is 0 Å². The summed E-state index contributed by atoms with van der Waals surface area (Å²) in [5.41, 5.74) is 3.20. The second kappa shape index (κ2) is 9.32. The first-order chi connectivity index (χ1) is 17.6. The Bertz CT molecular complexity index is 1480. The number of fused-ring (bicyclic) bond motifs is 3. The van der Waals surface area contributed by atoms with E-state index in [4.69, 9.17) is 4.98 Å². The van der Waals surface area contributed by atoms with Crippen molar-refractivity contribution in [3.63, 3.8) is 0 Å². The second-order valence-corrected chi connectivity index (χ2v) is 10.3. The van der Waals surface area contributed by atoms with Gasteiger partial charge in [-0.05, 0) is 61.7 Å². The quantitative estimate of drug-likeness (QED) is 0.386. The van der Waals surface area contributed by atoms with Crippen molar-refractivity contribution < 1.29 is 4.79 Å². The third-order valence-electron chi connectivity index (χ3n) is 7.12. The number of hydrogen-bond donors (Lipinski definition) is 0. The molecular formula is C26H26N8OS. The van der Waals surface area contributed by atoms with E-state index in [2.05, 4.69) is 36.2 Å². The number of ketones is 1. The number of carbonyl (C=O) groups is 1. The fourth-order valence-corrected chi connectivity index (χ4v) is 6.23. The maximum Gasteiger partial charge on any atom is 0.172 e. The van der Waals surface area contributed by atoms with Crippen molar-refractivity contribution in [1.29, 1.82) is 5.26 Å². The maximum atomic E-state index is 11.6. The van der Waals surface area contributed by atoms with Gasteiger partial charge in [0.15, 0.2) is 11.6 Å². The molecule has 10 heteroatoms. The number of anilines is 3. The zero-order valence-corrected chi connectivity index (χ0v) is 21.0. The number of pyridine rings is 1. The smallest absolute Gasteiger partial charge is 0.172 e. The highest BCUT2D eigenvalue weighted by Gasteiger charge is 2.25. The Labute approximate surface area is 213 Å². The monoisotopic (exact) mass is 498 g/mol. The molecule has 2 fully saturated rings. The molecule has 5 heterocycles. The molecule has 0 unspecified atom stereocenters. The van der Waals surface area contributed by atoms with Crippen LogP contribution in [0.2, 0.25) is 0 Å². The molecule has 6 rings (SSSR count). The number of piperazine rings is 1. The van der Waals surface area contributed by atoms with Crippen LogP contribution in [0.3, 0.4) is 0 Å². The molecule has 4 aromatic rings. The van der Waals surface area contributed by atoms with Gasteiger partial charge in [-0.3, -0.25) is 4.79 Å². The second-order valence-electron chi connectivity index (χ2n) is 9.34. The predicted molar refractivity (Wildman–Crippen MR) is 142 cm³/mol. The molecule has 0 radical (unpaired) electrons. The van der Waals surface area contributed by atoms with Gasteiger partial charge in [0.1, 0.15) is 26.9 Å². The number of piperidine rings is 1. The van der Waals surface area contributed by atoms with E-state index in [-0.39, 0.29) is 5.78 Å². The Hall–Kier alpha value is -3.84. The van der Waals surface area contributed by atoms with E-state index in [9.17, 15) is 10.1 Å². The van der Waals surface area contributed by atoms with Gasteiger partial charge in [-0.2, -0.15) is 5.26 Å². The molecular weight excluding hydrogens is 472 g/mol. The normalized spacial score (nSPS) is 16.5. The summed E-state index contributed by atoms with van der Waals surface area (Å²) >= 11 is 1.58. The molecule has 182 valence electrons. The SMILES string of the molecule is CC(=O)c1ccc(N2CCN(c3nnnc4c3sc3nc(N5CCCCC5)c(C#N)cc34)CC2)cc1. The minimum Gasteiger partial charge on any atom is -0.368 e.